The van der Waals surface area contributed by atoms with Crippen LogP contribution in [0.2, 0.25) is 25.7 Å². The number of esters is 1. The molecule has 10 heteroatoms. The van der Waals surface area contributed by atoms with Crippen LogP contribution in [-0.2, 0) is 22.7 Å². The first-order chi connectivity index (χ1) is 21.0. The summed E-state index contributed by atoms with van der Waals surface area (Å²) in [4.78, 5) is 40.7. The Morgan fingerprint density at radius 3 is 2.43 bits per heavy atom. The van der Waals surface area contributed by atoms with Crippen molar-refractivity contribution >= 4 is 30.7 Å². The first kappa shape index (κ1) is 31.2. The molecule has 1 saturated carbocycles. The van der Waals surface area contributed by atoms with E-state index in [0.717, 1.165) is 17.2 Å². The summed E-state index contributed by atoms with van der Waals surface area (Å²) in [5.41, 5.74) is 2.49. The first-order valence-corrected chi connectivity index (χ1v) is 18.7. The van der Waals surface area contributed by atoms with E-state index in [1.54, 1.807) is 48.5 Å². The number of carbonyl (C=O) groups is 2. The molecule has 0 aliphatic heterocycles. The number of rotatable bonds is 11. The molecule has 44 heavy (non-hydrogen) atoms. The van der Waals surface area contributed by atoms with E-state index >= 15 is 0 Å². The number of nitrogens with zero attached hydrogens (tertiary/aromatic N) is 3. The van der Waals surface area contributed by atoms with Gasteiger partial charge in [-0.25, -0.2) is 9.07 Å². The van der Waals surface area contributed by atoms with Crippen molar-refractivity contribution < 1.29 is 23.5 Å². The molecule has 4 aromatic rings. The van der Waals surface area contributed by atoms with Gasteiger partial charge in [0, 0.05) is 19.6 Å². The number of Topliss-reactive ketones (excluding diaryl/α,β-unsaturated/α-hetero) is 1. The molecule has 1 aromatic heterocycles. The van der Waals surface area contributed by atoms with E-state index in [9.17, 15) is 18.8 Å². The van der Waals surface area contributed by atoms with E-state index < -0.39 is 25.9 Å². The minimum Gasteiger partial charge on any atom is -0.489 e. The summed E-state index contributed by atoms with van der Waals surface area (Å²) in [5.74, 6) is -1.88. The van der Waals surface area contributed by atoms with Crippen LogP contribution in [0.15, 0.2) is 71.5 Å². The normalized spacial score (nSPS) is 18.3. The van der Waals surface area contributed by atoms with Crippen LogP contribution in [0.25, 0.3) is 10.9 Å². The maximum absolute atomic E-state index is 13.8. The summed E-state index contributed by atoms with van der Waals surface area (Å²) in [6, 6.07) is 19.2. The lowest BCUT2D eigenvalue weighted by atomic mass is 9.84. The van der Waals surface area contributed by atoms with Crippen LogP contribution < -0.4 is 10.3 Å². The summed E-state index contributed by atoms with van der Waals surface area (Å²) in [6.45, 7) is 9.30. The molecule has 1 aliphatic carbocycles. The van der Waals surface area contributed by atoms with Crippen LogP contribution in [0.1, 0.15) is 34.3 Å². The van der Waals surface area contributed by atoms with Crippen molar-refractivity contribution in [1.82, 2.24) is 15.0 Å². The van der Waals surface area contributed by atoms with Gasteiger partial charge in [0.1, 0.15) is 23.7 Å². The molecule has 1 aliphatic rings. The zero-order valence-corrected chi connectivity index (χ0v) is 26.6. The number of hydrogen-bond acceptors (Lipinski definition) is 7. The average Bonchev–Trinajstić information content (AvgIpc) is 3.41. The summed E-state index contributed by atoms with van der Waals surface area (Å²) in [5, 5.41) is 8.86. The topological polar surface area (TPSA) is 100 Å². The smallest absolute Gasteiger partial charge is 0.310 e. The van der Waals surface area contributed by atoms with Crippen molar-refractivity contribution in [3.8, 4) is 5.75 Å². The highest BCUT2D eigenvalue weighted by atomic mass is 28.3. The third kappa shape index (κ3) is 7.47. The molecular formula is C34H38FN3O5Si. The van der Waals surface area contributed by atoms with Gasteiger partial charge in [0.05, 0.1) is 24.5 Å². The number of hydrogen-bond donors (Lipinski definition) is 0. The predicted octanol–water partition coefficient (Wildman–Crippen LogP) is 6.22. The van der Waals surface area contributed by atoms with Gasteiger partial charge in [-0.2, -0.15) is 0 Å². The number of fused-ring (bicyclic) bond motifs is 1. The molecule has 0 amide bonds. The maximum Gasteiger partial charge on any atom is 0.310 e. The van der Waals surface area contributed by atoms with Gasteiger partial charge in [-0.15, -0.1) is 5.10 Å². The fourth-order valence-corrected chi connectivity index (χ4v) is 6.41. The van der Waals surface area contributed by atoms with Crippen molar-refractivity contribution in [1.29, 1.82) is 0 Å². The number of benzene rings is 3. The second kappa shape index (κ2) is 13.2. The monoisotopic (exact) mass is 615 g/mol. The molecule has 3 atom stereocenters. The highest BCUT2D eigenvalue weighted by Crippen LogP contribution is 2.41. The molecule has 1 fully saturated rings. The van der Waals surface area contributed by atoms with Gasteiger partial charge < -0.3 is 9.47 Å². The Morgan fingerprint density at radius 2 is 1.73 bits per heavy atom. The Hall–Kier alpha value is -4.18. The molecule has 0 spiro atoms. The van der Waals surface area contributed by atoms with E-state index in [-0.39, 0.29) is 36.2 Å². The molecule has 0 bridgehead atoms. The standard InChI is InChI=1S/C34H38FN3O5Si/c1-22-5-16-30-29(19-22)33(40)38(37-36-30)20-25-10-15-28(31(25)34(41)42-17-18-44(2,3)4)32(39)24-8-13-27(14-9-24)43-21-23-6-11-26(35)12-7-23/h5-9,11-14,16,19,25,28,31H,10,15,17-18,20-21H2,1-4H3. The predicted molar refractivity (Wildman–Crippen MR) is 169 cm³/mol. The molecule has 0 saturated heterocycles. The Morgan fingerprint density at radius 1 is 1.00 bits per heavy atom. The minimum absolute atomic E-state index is 0.141. The number of aryl methyl sites for hydroxylation is 1. The Bertz CT molecular complexity index is 1700. The van der Waals surface area contributed by atoms with Crippen LogP contribution in [0.4, 0.5) is 4.39 Å². The van der Waals surface area contributed by atoms with Gasteiger partial charge in [-0.1, -0.05) is 48.6 Å². The van der Waals surface area contributed by atoms with Crippen molar-refractivity contribution in [2.24, 2.45) is 17.8 Å². The summed E-state index contributed by atoms with van der Waals surface area (Å²) < 4.78 is 26.1. The largest absolute Gasteiger partial charge is 0.489 e. The van der Waals surface area contributed by atoms with Crippen LogP contribution in [0.5, 0.6) is 5.75 Å². The summed E-state index contributed by atoms with van der Waals surface area (Å²) >= 11 is 0. The van der Waals surface area contributed by atoms with Crippen LogP contribution in [-0.4, -0.2) is 41.4 Å². The third-order valence-corrected chi connectivity index (χ3v) is 9.94. The highest BCUT2D eigenvalue weighted by molar-refractivity contribution is 6.76. The first-order valence-electron chi connectivity index (χ1n) is 15.0. The van der Waals surface area contributed by atoms with Gasteiger partial charge in [0.15, 0.2) is 5.78 Å². The van der Waals surface area contributed by atoms with Gasteiger partial charge in [-0.3, -0.25) is 14.4 Å². The van der Waals surface area contributed by atoms with E-state index in [1.807, 2.05) is 13.0 Å². The fourth-order valence-electron chi connectivity index (χ4n) is 5.70. The molecule has 8 nitrogen and oxygen atoms in total. The molecule has 5 rings (SSSR count). The zero-order chi connectivity index (χ0) is 31.4. The second-order valence-electron chi connectivity index (χ2n) is 12.8. The van der Waals surface area contributed by atoms with Crippen LogP contribution >= 0.6 is 0 Å². The molecular weight excluding hydrogens is 577 g/mol. The van der Waals surface area contributed by atoms with E-state index in [2.05, 4.69) is 30.0 Å². The molecule has 230 valence electrons. The molecule has 3 aromatic carbocycles. The van der Waals surface area contributed by atoms with E-state index in [4.69, 9.17) is 9.47 Å². The third-order valence-electron chi connectivity index (χ3n) is 8.24. The Kier molecular flexibility index (Phi) is 9.38. The van der Waals surface area contributed by atoms with Crippen LogP contribution in [0, 0.1) is 30.5 Å². The lowest BCUT2D eigenvalue weighted by molar-refractivity contribution is -0.150. The number of ketones is 1. The van der Waals surface area contributed by atoms with Crippen LogP contribution in [0.3, 0.4) is 0 Å². The summed E-state index contributed by atoms with van der Waals surface area (Å²) in [6.07, 6.45) is 1.07. The van der Waals surface area contributed by atoms with Gasteiger partial charge in [0.25, 0.3) is 5.56 Å². The van der Waals surface area contributed by atoms with Crippen molar-refractivity contribution in [3.63, 3.8) is 0 Å². The van der Waals surface area contributed by atoms with Crippen molar-refractivity contribution in [3.05, 3.63) is 99.6 Å². The van der Waals surface area contributed by atoms with E-state index in [0.29, 0.717) is 41.7 Å². The number of ether oxygens (including phenoxy) is 2. The Labute approximate surface area is 257 Å². The molecule has 3 unspecified atom stereocenters. The van der Waals surface area contributed by atoms with Gasteiger partial charge >= 0.3 is 5.97 Å². The van der Waals surface area contributed by atoms with Gasteiger partial charge in [0.2, 0.25) is 0 Å². The minimum atomic E-state index is -1.44. The lowest BCUT2D eigenvalue weighted by Crippen LogP contribution is -2.36. The number of halogens is 1. The molecule has 0 radical (unpaired) electrons. The number of carbonyl (C=O) groups excluding carboxylic acids is 2. The maximum atomic E-state index is 13.8. The molecule has 0 N–H and O–H groups in total. The van der Waals surface area contributed by atoms with Gasteiger partial charge in [-0.05, 0) is 85.8 Å². The number of aromatic nitrogens is 3. The van der Waals surface area contributed by atoms with Crippen molar-refractivity contribution in [2.75, 3.05) is 6.61 Å². The molecule has 1 heterocycles. The Balaban J connectivity index is 1.34. The summed E-state index contributed by atoms with van der Waals surface area (Å²) in [7, 11) is -1.44. The average molecular weight is 616 g/mol. The van der Waals surface area contributed by atoms with E-state index in [1.165, 1.54) is 16.8 Å². The zero-order valence-electron chi connectivity index (χ0n) is 25.6. The van der Waals surface area contributed by atoms with Crippen molar-refractivity contribution in [2.45, 2.75) is 58.6 Å². The SMILES string of the molecule is Cc1ccc2nnn(CC3CCC(C(=O)c4ccc(OCc5ccc(F)cc5)cc4)C3C(=O)OCC[Si](C)(C)C)c(=O)c2c1. The fraction of sp³-hybridized carbons (Fsp3) is 0.382. The lowest BCUT2D eigenvalue weighted by Gasteiger charge is -2.24. The quantitative estimate of drug-likeness (QED) is 0.112. The highest BCUT2D eigenvalue weighted by Gasteiger charge is 2.46. The second-order valence-corrected chi connectivity index (χ2v) is 18.5.